The minimum Gasteiger partial charge on any atom is -0.452 e. The molecule has 0 saturated heterocycles. The lowest BCUT2D eigenvalue weighted by atomic mass is 10.2. The van der Waals surface area contributed by atoms with E-state index in [1.165, 1.54) is 0 Å². The number of carbonyl (C=O) groups is 2. The number of hydrogen-bond donors (Lipinski definition) is 0. The number of anilines is 1. The molecule has 98 valence electrons. The van der Waals surface area contributed by atoms with Gasteiger partial charge in [-0.05, 0) is 35.9 Å². The van der Waals surface area contributed by atoms with Crippen molar-refractivity contribution in [1.82, 2.24) is 0 Å². The summed E-state index contributed by atoms with van der Waals surface area (Å²) < 4.78 is 41.2. The van der Waals surface area contributed by atoms with Crippen molar-refractivity contribution in [3.63, 3.8) is 0 Å². The van der Waals surface area contributed by atoms with Crippen LogP contribution in [-0.2, 0) is 10.9 Å². The monoisotopic (exact) mass is 281 g/mol. The van der Waals surface area contributed by atoms with Gasteiger partial charge in [-0.25, -0.2) is 9.69 Å². The molecule has 1 aromatic rings. The molecule has 8 heteroatoms. The van der Waals surface area contributed by atoms with Crippen molar-refractivity contribution >= 4 is 28.7 Å². The first-order chi connectivity index (χ1) is 8.27. The fraction of sp³-hybridized carbons (Fsp3) is 0.200. The number of carbonyl (C=O) groups excluding carboxylic acids is 2. The smallest absolute Gasteiger partial charge is 0.421 e. The van der Waals surface area contributed by atoms with Crippen molar-refractivity contribution in [1.29, 1.82) is 0 Å². The van der Waals surface area contributed by atoms with Crippen LogP contribution in [0.5, 0.6) is 0 Å². The maximum absolute atomic E-state index is 12.3. The Kier molecular flexibility index (Phi) is 4.18. The third-order valence-electron chi connectivity index (χ3n) is 1.99. The third-order valence-corrected chi connectivity index (χ3v) is 2.15. The Hall–Kier alpha value is -1.76. The second kappa shape index (κ2) is 5.26. The number of halogens is 4. The lowest BCUT2D eigenvalue weighted by molar-refractivity contribution is -0.137. The van der Waals surface area contributed by atoms with E-state index in [0.717, 1.165) is 31.4 Å². The van der Waals surface area contributed by atoms with Crippen molar-refractivity contribution < 1.29 is 27.5 Å². The number of nitrogens with zero attached hydrogens (tertiary/aromatic N) is 1. The van der Waals surface area contributed by atoms with Crippen molar-refractivity contribution in [2.24, 2.45) is 0 Å². The number of ether oxygens (including phenoxy) is 1. The molecule has 0 atom stereocenters. The lowest BCUT2D eigenvalue weighted by Gasteiger charge is -2.16. The van der Waals surface area contributed by atoms with Crippen LogP contribution in [0.4, 0.5) is 28.4 Å². The van der Waals surface area contributed by atoms with Gasteiger partial charge in [-0.2, -0.15) is 13.2 Å². The summed E-state index contributed by atoms with van der Waals surface area (Å²) in [7, 11) is 1.01. The zero-order valence-corrected chi connectivity index (χ0v) is 9.75. The summed E-state index contributed by atoms with van der Waals surface area (Å²) in [4.78, 5) is 22.6. The summed E-state index contributed by atoms with van der Waals surface area (Å²) in [5, 5.41) is -1.18. The Balaban J connectivity index is 3.09. The van der Waals surface area contributed by atoms with E-state index in [1.54, 1.807) is 0 Å². The molecule has 0 N–H and O–H groups in total. The topological polar surface area (TPSA) is 46.6 Å². The summed E-state index contributed by atoms with van der Waals surface area (Å²) in [6.45, 7) is 0. The normalized spacial score (nSPS) is 10.9. The highest BCUT2D eigenvalue weighted by atomic mass is 35.5. The van der Waals surface area contributed by atoms with Gasteiger partial charge in [0.05, 0.1) is 18.4 Å². The average molecular weight is 282 g/mol. The zero-order chi connectivity index (χ0) is 13.9. The summed E-state index contributed by atoms with van der Waals surface area (Å²) in [6.07, 6.45) is -5.59. The molecule has 0 aromatic heterocycles. The standard InChI is InChI=1S/C10H7ClF3NO3/c1-18-9(17)15(8(11)16)7-4-2-6(3-5-7)10(12,13)14/h2-5H,1H3. The number of methoxy groups -OCH3 is 1. The molecule has 0 fully saturated rings. The number of alkyl halides is 3. The van der Waals surface area contributed by atoms with E-state index < -0.39 is 23.2 Å². The van der Waals surface area contributed by atoms with Crippen LogP contribution in [0.3, 0.4) is 0 Å². The van der Waals surface area contributed by atoms with E-state index in [-0.39, 0.29) is 5.69 Å². The molecular weight excluding hydrogens is 275 g/mol. The summed E-state index contributed by atoms with van der Waals surface area (Å²) >= 11 is 5.15. The largest absolute Gasteiger partial charge is 0.452 e. The predicted molar refractivity (Wildman–Crippen MR) is 57.6 cm³/mol. The summed E-state index contributed by atoms with van der Waals surface area (Å²) in [6, 6.07) is 3.34. The number of hydrogen-bond acceptors (Lipinski definition) is 3. The number of amides is 2. The van der Waals surface area contributed by atoms with E-state index in [9.17, 15) is 22.8 Å². The zero-order valence-electron chi connectivity index (χ0n) is 8.99. The minimum atomic E-state index is -4.50. The van der Waals surface area contributed by atoms with Gasteiger partial charge in [0.1, 0.15) is 0 Å². The quantitative estimate of drug-likeness (QED) is 0.583. The molecule has 0 heterocycles. The summed E-state index contributed by atoms with van der Waals surface area (Å²) in [5.41, 5.74) is -1.02. The molecule has 0 saturated carbocycles. The Morgan fingerprint density at radius 2 is 1.72 bits per heavy atom. The minimum absolute atomic E-state index is 0.116. The molecule has 2 amide bonds. The predicted octanol–water partition coefficient (Wildman–Crippen LogP) is 3.64. The van der Waals surface area contributed by atoms with E-state index in [2.05, 4.69) is 4.74 Å². The molecule has 0 unspecified atom stereocenters. The highest BCUT2D eigenvalue weighted by molar-refractivity contribution is 6.68. The number of rotatable bonds is 1. The maximum Gasteiger partial charge on any atom is 0.421 e. The molecule has 0 aliphatic heterocycles. The fourth-order valence-corrected chi connectivity index (χ4v) is 1.34. The van der Waals surface area contributed by atoms with Crippen LogP contribution < -0.4 is 4.90 Å². The van der Waals surface area contributed by atoms with Crippen molar-refractivity contribution in [2.45, 2.75) is 6.18 Å². The van der Waals surface area contributed by atoms with Crippen molar-refractivity contribution in [2.75, 3.05) is 12.0 Å². The molecule has 1 rings (SSSR count). The molecular formula is C10H7ClF3NO3. The molecule has 0 bridgehead atoms. The number of benzene rings is 1. The summed E-state index contributed by atoms with van der Waals surface area (Å²) in [5.74, 6) is 0. The van der Waals surface area contributed by atoms with Gasteiger partial charge in [0, 0.05) is 0 Å². The second-order valence-corrected chi connectivity index (χ2v) is 3.43. The molecule has 18 heavy (non-hydrogen) atoms. The molecule has 1 aromatic carbocycles. The highest BCUT2D eigenvalue weighted by Crippen LogP contribution is 2.30. The Labute approximate surface area is 105 Å². The van der Waals surface area contributed by atoms with E-state index >= 15 is 0 Å². The van der Waals surface area contributed by atoms with Crippen molar-refractivity contribution in [3.05, 3.63) is 29.8 Å². The van der Waals surface area contributed by atoms with Crippen LogP contribution >= 0.6 is 11.6 Å². The van der Waals surface area contributed by atoms with E-state index in [4.69, 9.17) is 11.6 Å². The van der Waals surface area contributed by atoms with Gasteiger partial charge >= 0.3 is 17.6 Å². The molecule has 0 aliphatic rings. The average Bonchev–Trinajstić information content (AvgIpc) is 2.28. The first-order valence-corrected chi connectivity index (χ1v) is 4.90. The van der Waals surface area contributed by atoms with Crippen LogP contribution in [0.25, 0.3) is 0 Å². The molecule has 0 radical (unpaired) electrons. The number of imide groups is 1. The Morgan fingerprint density at radius 1 is 1.22 bits per heavy atom. The lowest BCUT2D eigenvalue weighted by Crippen LogP contribution is -2.32. The Morgan fingerprint density at radius 3 is 2.06 bits per heavy atom. The van der Waals surface area contributed by atoms with Crippen LogP contribution in [0.2, 0.25) is 0 Å². The van der Waals surface area contributed by atoms with Crippen LogP contribution in [0.1, 0.15) is 5.56 Å². The molecule has 4 nitrogen and oxygen atoms in total. The van der Waals surface area contributed by atoms with Gasteiger partial charge in [-0.15, -0.1) is 0 Å². The SMILES string of the molecule is COC(=O)N(C(=O)Cl)c1ccc(C(F)(F)F)cc1. The van der Waals surface area contributed by atoms with Crippen molar-refractivity contribution in [3.8, 4) is 0 Å². The van der Waals surface area contributed by atoms with Crippen LogP contribution in [0, 0.1) is 0 Å². The molecule has 0 spiro atoms. The van der Waals surface area contributed by atoms with Gasteiger partial charge < -0.3 is 4.74 Å². The van der Waals surface area contributed by atoms with Crippen LogP contribution in [0.15, 0.2) is 24.3 Å². The van der Waals surface area contributed by atoms with Gasteiger partial charge in [-0.3, -0.25) is 4.79 Å². The van der Waals surface area contributed by atoms with E-state index in [0.29, 0.717) is 4.90 Å². The van der Waals surface area contributed by atoms with Gasteiger partial charge in [0.15, 0.2) is 0 Å². The first kappa shape index (κ1) is 14.3. The first-order valence-electron chi connectivity index (χ1n) is 4.52. The Bertz CT molecular complexity index is 458. The van der Waals surface area contributed by atoms with Crippen LogP contribution in [-0.4, -0.2) is 18.6 Å². The fourth-order valence-electron chi connectivity index (χ4n) is 1.17. The maximum atomic E-state index is 12.3. The van der Waals surface area contributed by atoms with Gasteiger partial charge in [-0.1, -0.05) is 0 Å². The van der Waals surface area contributed by atoms with Gasteiger partial charge in [0.25, 0.3) is 0 Å². The second-order valence-electron chi connectivity index (χ2n) is 3.10. The third kappa shape index (κ3) is 3.13. The van der Waals surface area contributed by atoms with E-state index in [1.807, 2.05) is 0 Å². The van der Waals surface area contributed by atoms with Gasteiger partial charge in [0.2, 0.25) is 0 Å². The highest BCUT2D eigenvalue weighted by Gasteiger charge is 2.31. The molecule has 0 aliphatic carbocycles.